The molecule has 1 saturated heterocycles. The molecular formula is C17H19F6N3O9P2. The molecule has 2 aromatic rings. The third kappa shape index (κ3) is 7.16. The predicted molar refractivity (Wildman–Crippen MR) is 109 cm³/mol. The van der Waals surface area contributed by atoms with Crippen molar-refractivity contribution < 1.29 is 70.2 Å². The molecule has 1 aromatic heterocycles. The van der Waals surface area contributed by atoms with Crippen LogP contribution in [0.4, 0.5) is 26.3 Å². The molecule has 6 atom stereocenters. The van der Waals surface area contributed by atoms with Gasteiger partial charge >= 0.3 is 19.9 Å². The second-order valence-electron chi connectivity index (χ2n) is 8.25. The molecule has 1 unspecified atom stereocenters. The van der Waals surface area contributed by atoms with Crippen LogP contribution < -0.4 is 0 Å². The lowest BCUT2D eigenvalue weighted by Gasteiger charge is -2.23. The van der Waals surface area contributed by atoms with E-state index in [0.717, 1.165) is 6.20 Å². The first-order chi connectivity index (χ1) is 16.7. The van der Waals surface area contributed by atoms with Gasteiger partial charge in [-0.3, -0.25) is 9.13 Å². The standard InChI is InChI=1S/C17H19F6N3O9P2/c18-16(19,20)8-1-7(2-9(3-8)17(21,22)23)10-4-26(25-24-10)15-13(29)12(28)14(35-15)11(27)5-36(30,31)6-37(32,33)34/h1-4,11-15,27-29H,5-6H2,(H,30,31)(H2,32,33,34)/t11-,12+,13-,14-,15-/m1/s1. The van der Waals surface area contributed by atoms with Crippen LogP contribution in [-0.4, -0.2) is 81.5 Å². The molecule has 20 heteroatoms. The van der Waals surface area contributed by atoms with Crippen molar-refractivity contribution in [2.75, 3.05) is 12.1 Å². The van der Waals surface area contributed by atoms with Gasteiger partial charge in [-0.05, 0) is 18.2 Å². The van der Waals surface area contributed by atoms with Gasteiger partial charge in [0.25, 0.3) is 0 Å². The van der Waals surface area contributed by atoms with Gasteiger partial charge in [-0.15, -0.1) is 5.10 Å². The molecule has 37 heavy (non-hydrogen) atoms. The maximum absolute atomic E-state index is 13.1. The Labute approximate surface area is 202 Å². The van der Waals surface area contributed by atoms with E-state index in [2.05, 4.69) is 10.3 Å². The molecule has 12 nitrogen and oxygen atoms in total. The Bertz CT molecular complexity index is 1200. The highest BCUT2D eigenvalue weighted by atomic mass is 31.2. The number of hydrogen-bond acceptors (Lipinski definition) is 8. The summed E-state index contributed by atoms with van der Waals surface area (Å²) in [6.07, 6.45) is -20.0. The third-order valence-electron chi connectivity index (χ3n) is 5.19. The average Bonchev–Trinajstić information content (AvgIpc) is 3.30. The summed E-state index contributed by atoms with van der Waals surface area (Å²) in [5.74, 6) is -1.48. The summed E-state index contributed by atoms with van der Waals surface area (Å²) in [6, 6.07) is 0.680. The Hall–Kier alpha value is -1.88. The second-order valence-corrected chi connectivity index (χ2v) is 12.8. The number of alkyl halides is 6. The Morgan fingerprint density at radius 2 is 1.51 bits per heavy atom. The van der Waals surface area contributed by atoms with Crippen LogP contribution in [0.1, 0.15) is 17.4 Å². The molecule has 1 aliphatic heterocycles. The molecule has 0 saturated carbocycles. The summed E-state index contributed by atoms with van der Waals surface area (Å²) in [6.45, 7) is 0. The van der Waals surface area contributed by atoms with Crippen molar-refractivity contribution in [1.29, 1.82) is 0 Å². The lowest BCUT2D eigenvalue weighted by molar-refractivity contribution is -0.143. The number of aromatic nitrogens is 3. The third-order valence-corrected chi connectivity index (χ3v) is 9.37. The molecule has 0 spiro atoms. The summed E-state index contributed by atoms with van der Waals surface area (Å²) in [7, 11) is -9.60. The molecular weight excluding hydrogens is 566 g/mol. The Morgan fingerprint density at radius 1 is 0.973 bits per heavy atom. The van der Waals surface area contributed by atoms with Gasteiger partial charge in [0.2, 0.25) is 7.37 Å². The van der Waals surface area contributed by atoms with Crippen LogP contribution in [0.2, 0.25) is 0 Å². The SMILES string of the molecule is O=P(O)(O)CP(=O)(O)C[C@@H](O)[C@H]1O[C@@H](n2cc(-c3cc(C(F)(F)F)cc(C(F)(F)F)c3)nn2)[C@H](O)[C@@H]1O. The van der Waals surface area contributed by atoms with Crippen LogP contribution in [-0.2, 0) is 26.2 Å². The van der Waals surface area contributed by atoms with Gasteiger partial charge in [-0.25, -0.2) is 4.68 Å². The maximum Gasteiger partial charge on any atom is 0.416 e. The van der Waals surface area contributed by atoms with Crippen LogP contribution in [0.25, 0.3) is 11.3 Å². The molecule has 3 rings (SSSR count). The smallest absolute Gasteiger partial charge is 0.390 e. The summed E-state index contributed by atoms with van der Waals surface area (Å²) in [5, 5.41) is 37.6. The van der Waals surface area contributed by atoms with E-state index >= 15 is 0 Å². The Morgan fingerprint density at radius 3 is 2.00 bits per heavy atom. The number of benzene rings is 1. The van der Waals surface area contributed by atoms with E-state index in [1.807, 2.05) is 0 Å². The summed E-state index contributed by atoms with van der Waals surface area (Å²) >= 11 is 0. The van der Waals surface area contributed by atoms with Gasteiger partial charge in [0.05, 0.1) is 29.6 Å². The fourth-order valence-corrected chi connectivity index (χ4v) is 7.16. The number of hydrogen-bond donors (Lipinski definition) is 6. The first-order valence-electron chi connectivity index (χ1n) is 9.95. The summed E-state index contributed by atoms with van der Waals surface area (Å²) in [4.78, 5) is 27.5. The number of aliphatic hydroxyl groups is 3. The van der Waals surface area contributed by atoms with Crippen LogP contribution >= 0.6 is 15.0 Å². The van der Waals surface area contributed by atoms with Crippen molar-refractivity contribution in [1.82, 2.24) is 15.0 Å². The van der Waals surface area contributed by atoms with Gasteiger partial charge < -0.3 is 34.7 Å². The topological polar surface area (TPSA) is 195 Å². The van der Waals surface area contributed by atoms with Crippen molar-refractivity contribution in [3.8, 4) is 11.3 Å². The van der Waals surface area contributed by atoms with Crippen molar-refractivity contribution in [3.05, 3.63) is 35.5 Å². The Balaban J connectivity index is 1.86. The van der Waals surface area contributed by atoms with Crippen molar-refractivity contribution in [2.24, 2.45) is 0 Å². The zero-order valence-corrected chi connectivity index (χ0v) is 19.8. The number of halogens is 6. The second kappa shape index (κ2) is 10.0. The highest BCUT2D eigenvalue weighted by molar-refractivity contribution is 7.72. The van der Waals surface area contributed by atoms with Gasteiger partial charge in [-0.1, -0.05) is 5.21 Å². The van der Waals surface area contributed by atoms with Crippen molar-refractivity contribution >= 4 is 15.0 Å². The van der Waals surface area contributed by atoms with Crippen molar-refractivity contribution in [2.45, 2.75) is 43.0 Å². The number of aliphatic hydroxyl groups excluding tert-OH is 3. The maximum atomic E-state index is 13.1. The van der Waals surface area contributed by atoms with Gasteiger partial charge in [0.1, 0.15) is 29.9 Å². The molecule has 0 bridgehead atoms. The molecule has 208 valence electrons. The highest BCUT2D eigenvalue weighted by Crippen LogP contribution is 2.55. The van der Waals surface area contributed by atoms with Crippen molar-refractivity contribution in [3.63, 3.8) is 0 Å². The molecule has 6 N–H and O–H groups in total. The molecule has 0 aliphatic carbocycles. The number of rotatable bonds is 7. The number of nitrogens with zero attached hydrogens (tertiary/aromatic N) is 3. The van der Waals surface area contributed by atoms with Gasteiger partial charge in [0.15, 0.2) is 6.23 Å². The normalized spacial score (nSPS) is 25.7. The van der Waals surface area contributed by atoms with E-state index in [-0.39, 0.29) is 6.07 Å². The predicted octanol–water partition coefficient (Wildman–Crippen LogP) is 1.37. The van der Waals surface area contributed by atoms with E-state index in [9.17, 15) is 55.7 Å². The highest BCUT2D eigenvalue weighted by Gasteiger charge is 2.49. The van der Waals surface area contributed by atoms with Crippen LogP contribution in [0.5, 0.6) is 0 Å². The molecule has 1 aliphatic rings. The lowest BCUT2D eigenvalue weighted by atomic mass is 10.0. The van der Waals surface area contributed by atoms with Crippen LogP contribution in [0.15, 0.2) is 24.4 Å². The molecule has 0 radical (unpaired) electrons. The minimum absolute atomic E-state index is 0.0909. The van der Waals surface area contributed by atoms with E-state index in [1.165, 1.54) is 0 Å². The van der Waals surface area contributed by atoms with E-state index in [4.69, 9.17) is 14.5 Å². The molecule has 2 heterocycles. The summed E-state index contributed by atoms with van der Waals surface area (Å²) in [5.41, 5.74) is -4.39. The fourth-order valence-electron chi connectivity index (χ4n) is 3.60. The zero-order valence-electron chi connectivity index (χ0n) is 18.0. The molecule has 0 amide bonds. The Kier molecular flexibility index (Phi) is 8.03. The van der Waals surface area contributed by atoms with Crippen LogP contribution in [0.3, 0.4) is 0 Å². The largest absolute Gasteiger partial charge is 0.416 e. The zero-order chi connectivity index (χ0) is 28.1. The van der Waals surface area contributed by atoms with Gasteiger partial charge in [-0.2, -0.15) is 26.3 Å². The first-order valence-corrected chi connectivity index (χ1v) is 13.8. The summed E-state index contributed by atoms with van der Waals surface area (Å²) < 4.78 is 108. The quantitative estimate of drug-likeness (QED) is 0.203. The average molecular weight is 585 g/mol. The number of ether oxygens (including phenoxy) is 1. The lowest BCUT2D eigenvalue weighted by Crippen LogP contribution is -2.40. The fraction of sp³-hybridized carbons (Fsp3) is 0.529. The van der Waals surface area contributed by atoms with E-state index < -0.39 is 92.4 Å². The van der Waals surface area contributed by atoms with Gasteiger partial charge in [0, 0.05) is 5.56 Å². The van der Waals surface area contributed by atoms with E-state index in [0.29, 0.717) is 16.8 Å². The minimum atomic E-state index is -5.13. The minimum Gasteiger partial charge on any atom is -0.390 e. The van der Waals surface area contributed by atoms with Crippen LogP contribution in [0, 0.1) is 0 Å². The van der Waals surface area contributed by atoms with E-state index in [1.54, 1.807) is 0 Å². The monoisotopic (exact) mass is 585 g/mol. The molecule has 1 aromatic carbocycles. The molecule has 1 fully saturated rings. The first kappa shape index (κ1) is 29.7.